The molecule has 0 saturated heterocycles. The van der Waals surface area contributed by atoms with Gasteiger partial charge in [0.1, 0.15) is 11.9 Å². The number of nitrogens with zero attached hydrogens (tertiary/aromatic N) is 2. The van der Waals surface area contributed by atoms with Crippen LogP contribution in [0.25, 0.3) is 0 Å². The van der Waals surface area contributed by atoms with Crippen LogP contribution in [0.3, 0.4) is 0 Å². The lowest BCUT2D eigenvalue weighted by Gasteiger charge is -2.24. The Balaban J connectivity index is 2.42. The van der Waals surface area contributed by atoms with Gasteiger partial charge < -0.3 is 15.4 Å². The molecule has 0 radical (unpaired) electrons. The predicted octanol–water partition coefficient (Wildman–Crippen LogP) is 2.12. The Morgan fingerprint density at radius 1 is 1.29 bits per heavy atom. The highest BCUT2D eigenvalue weighted by Gasteiger charge is 2.18. The SMILES string of the molecule is CC(C)C(CNC(=O)OC(C)(C)C)NCc1cncnc1. The molecule has 1 heterocycles. The van der Waals surface area contributed by atoms with E-state index in [0.717, 1.165) is 5.56 Å². The van der Waals surface area contributed by atoms with Crippen LogP contribution in [0.1, 0.15) is 40.2 Å². The summed E-state index contributed by atoms with van der Waals surface area (Å²) in [5, 5.41) is 6.21. The average Bonchev–Trinajstić information content (AvgIpc) is 2.37. The molecule has 21 heavy (non-hydrogen) atoms. The second kappa shape index (κ2) is 7.93. The zero-order chi connectivity index (χ0) is 15.9. The molecule has 2 N–H and O–H groups in total. The summed E-state index contributed by atoms with van der Waals surface area (Å²) in [6, 6.07) is 0.151. The molecule has 0 spiro atoms. The number of nitrogens with one attached hydrogen (secondary N) is 2. The Morgan fingerprint density at radius 2 is 1.90 bits per heavy atom. The standard InChI is InChI=1S/C15H26N4O2/c1-11(2)13(9-19-14(20)21-15(3,4)5)18-8-12-6-16-10-17-7-12/h6-7,10-11,13,18H,8-9H2,1-5H3,(H,19,20). The largest absolute Gasteiger partial charge is 0.444 e. The minimum Gasteiger partial charge on any atom is -0.444 e. The number of alkyl carbamates (subject to hydrolysis) is 1. The lowest BCUT2D eigenvalue weighted by Crippen LogP contribution is -2.45. The van der Waals surface area contributed by atoms with Gasteiger partial charge in [-0.15, -0.1) is 0 Å². The Bertz CT molecular complexity index is 429. The van der Waals surface area contributed by atoms with E-state index < -0.39 is 11.7 Å². The third kappa shape index (κ3) is 7.60. The predicted molar refractivity (Wildman–Crippen MR) is 81.7 cm³/mol. The van der Waals surface area contributed by atoms with Crippen LogP contribution in [-0.2, 0) is 11.3 Å². The number of hydrogen-bond donors (Lipinski definition) is 2. The highest BCUT2D eigenvalue weighted by Crippen LogP contribution is 2.07. The molecule has 0 saturated carbocycles. The van der Waals surface area contributed by atoms with Gasteiger partial charge in [-0.1, -0.05) is 13.8 Å². The third-order valence-electron chi connectivity index (χ3n) is 2.85. The van der Waals surface area contributed by atoms with Crippen LogP contribution in [0.4, 0.5) is 4.79 Å². The maximum absolute atomic E-state index is 11.7. The summed E-state index contributed by atoms with van der Waals surface area (Å²) in [5.74, 6) is 0.379. The van der Waals surface area contributed by atoms with Gasteiger partial charge in [-0.25, -0.2) is 14.8 Å². The van der Waals surface area contributed by atoms with Crippen LogP contribution in [0.2, 0.25) is 0 Å². The Kier molecular flexibility index (Phi) is 6.55. The van der Waals surface area contributed by atoms with Gasteiger partial charge in [0.2, 0.25) is 0 Å². The molecule has 0 aliphatic heterocycles. The van der Waals surface area contributed by atoms with Crippen LogP contribution in [0, 0.1) is 5.92 Å². The van der Waals surface area contributed by atoms with Gasteiger partial charge in [0, 0.05) is 37.1 Å². The summed E-state index contributed by atoms with van der Waals surface area (Å²) >= 11 is 0. The topological polar surface area (TPSA) is 76.1 Å². The molecule has 0 aliphatic rings. The van der Waals surface area contributed by atoms with E-state index in [-0.39, 0.29) is 6.04 Å². The van der Waals surface area contributed by atoms with Crippen LogP contribution >= 0.6 is 0 Å². The fourth-order valence-electron chi connectivity index (χ4n) is 1.72. The fourth-order valence-corrected chi connectivity index (χ4v) is 1.72. The molecule has 1 atom stereocenters. The second-order valence-corrected chi connectivity index (χ2v) is 6.36. The first-order valence-corrected chi connectivity index (χ1v) is 7.22. The summed E-state index contributed by atoms with van der Waals surface area (Å²) in [7, 11) is 0. The number of carbonyl (C=O) groups is 1. The van der Waals surface area contributed by atoms with Gasteiger partial charge >= 0.3 is 6.09 Å². The first kappa shape index (κ1) is 17.4. The molecule has 0 bridgehead atoms. The van der Waals surface area contributed by atoms with E-state index in [1.165, 1.54) is 6.33 Å². The van der Waals surface area contributed by atoms with Gasteiger partial charge in [0.25, 0.3) is 0 Å². The highest BCUT2D eigenvalue weighted by atomic mass is 16.6. The summed E-state index contributed by atoms with van der Waals surface area (Å²) in [6.45, 7) is 10.9. The van der Waals surface area contributed by atoms with Crippen molar-refractivity contribution in [3.63, 3.8) is 0 Å². The van der Waals surface area contributed by atoms with Crippen LogP contribution in [0.15, 0.2) is 18.7 Å². The minimum atomic E-state index is -0.480. The average molecular weight is 294 g/mol. The molecular formula is C15H26N4O2. The molecule has 1 unspecified atom stereocenters. The van der Waals surface area contributed by atoms with E-state index in [9.17, 15) is 4.79 Å². The van der Waals surface area contributed by atoms with E-state index in [1.807, 2.05) is 20.8 Å². The third-order valence-corrected chi connectivity index (χ3v) is 2.85. The monoisotopic (exact) mass is 294 g/mol. The van der Waals surface area contributed by atoms with Crippen LogP contribution in [0.5, 0.6) is 0 Å². The first-order chi connectivity index (χ1) is 9.78. The summed E-state index contributed by atoms with van der Waals surface area (Å²) in [6.07, 6.45) is 4.67. The molecule has 1 amide bonds. The summed E-state index contributed by atoms with van der Waals surface area (Å²) < 4.78 is 5.23. The number of hydrogen-bond acceptors (Lipinski definition) is 5. The lowest BCUT2D eigenvalue weighted by molar-refractivity contribution is 0.0519. The van der Waals surface area contributed by atoms with Gasteiger partial charge in [-0.3, -0.25) is 0 Å². The van der Waals surface area contributed by atoms with Gasteiger partial charge in [0.05, 0.1) is 0 Å². The van der Waals surface area contributed by atoms with E-state index in [2.05, 4.69) is 34.4 Å². The van der Waals surface area contributed by atoms with Crippen molar-refractivity contribution >= 4 is 6.09 Å². The summed E-state index contributed by atoms with van der Waals surface area (Å²) in [4.78, 5) is 19.6. The molecule has 1 aromatic rings. The van der Waals surface area contributed by atoms with Gasteiger partial charge in [-0.05, 0) is 26.7 Å². The fraction of sp³-hybridized carbons (Fsp3) is 0.667. The quantitative estimate of drug-likeness (QED) is 0.840. The van der Waals surface area contributed by atoms with Crippen molar-refractivity contribution < 1.29 is 9.53 Å². The maximum Gasteiger partial charge on any atom is 0.407 e. The molecule has 6 heteroatoms. The Morgan fingerprint density at radius 3 is 2.43 bits per heavy atom. The van der Waals surface area contributed by atoms with E-state index >= 15 is 0 Å². The van der Waals surface area contributed by atoms with Crippen LogP contribution in [-0.4, -0.2) is 34.2 Å². The van der Waals surface area contributed by atoms with Gasteiger partial charge in [-0.2, -0.15) is 0 Å². The Labute approximate surface area is 126 Å². The van der Waals surface area contributed by atoms with E-state index in [1.54, 1.807) is 12.4 Å². The zero-order valence-electron chi connectivity index (χ0n) is 13.5. The smallest absolute Gasteiger partial charge is 0.407 e. The number of ether oxygens (including phenoxy) is 1. The molecule has 6 nitrogen and oxygen atoms in total. The maximum atomic E-state index is 11.7. The number of aromatic nitrogens is 2. The molecule has 0 aromatic carbocycles. The van der Waals surface area contributed by atoms with Crippen molar-refractivity contribution in [2.45, 2.75) is 52.8 Å². The number of amides is 1. The normalized spacial score (nSPS) is 13.0. The molecule has 118 valence electrons. The van der Waals surface area contributed by atoms with Crippen molar-refractivity contribution in [2.24, 2.45) is 5.92 Å². The van der Waals surface area contributed by atoms with E-state index in [0.29, 0.717) is 19.0 Å². The molecule has 1 aromatic heterocycles. The van der Waals surface area contributed by atoms with Crippen molar-refractivity contribution in [3.05, 3.63) is 24.3 Å². The number of rotatable bonds is 6. The summed E-state index contributed by atoms with van der Waals surface area (Å²) in [5.41, 5.74) is 0.534. The second-order valence-electron chi connectivity index (χ2n) is 6.36. The van der Waals surface area contributed by atoms with Crippen molar-refractivity contribution in [1.82, 2.24) is 20.6 Å². The lowest BCUT2D eigenvalue weighted by atomic mass is 10.0. The minimum absolute atomic E-state index is 0.151. The van der Waals surface area contributed by atoms with Crippen molar-refractivity contribution in [2.75, 3.05) is 6.54 Å². The van der Waals surface area contributed by atoms with Crippen LogP contribution < -0.4 is 10.6 Å². The number of carbonyl (C=O) groups excluding carboxylic acids is 1. The molecular weight excluding hydrogens is 268 g/mol. The molecule has 1 rings (SSSR count). The molecule has 0 aliphatic carbocycles. The molecule has 0 fully saturated rings. The zero-order valence-corrected chi connectivity index (χ0v) is 13.5. The highest BCUT2D eigenvalue weighted by molar-refractivity contribution is 5.67. The first-order valence-electron chi connectivity index (χ1n) is 7.22. The van der Waals surface area contributed by atoms with Gasteiger partial charge in [0.15, 0.2) is 0 Å². The van der Waals surface area contributed by atoms with Crippen molar-refractivity contribution in [3.8, 4) is 0 Å². The Hall–Kier alpha value is -1.69. The van der Waals surface area contributed by atoms with E-state index in [4.69, 9.17) is 4.74 Å². The van der Waals surface area contributed by atoms with Crippen molar-refractivity contribution in [1.29, 1.82) is 0 Å².